The Labute approximate surface area is 163 Å². The van der Waals surface area contributed by atoms with Gasteiger partial charge in [-0.05, 0) is 33.0 Å². The van der Waals surface area contributed by atoms with Crippen LogP contribution in [0.25, 0.3) is 0 Å². The number of nitrogens with zero attached hydrogens (tertiary/aromatic N) is 3. The molecule has 1 aromatic carbocycles. The highest BCUT2D eigenvalue weighted by Crippen LogP contribution is 2.13. The van der Waals surface area contributed by atoms with Gasteiger partial charge in [0.05, 0.1) is 6.61 Å². The molecule has 7 nitrogen and oxygen atoms in total. The number of carbonyl (C=O) groups is 1. The summed E-state index contributed by atoms with van der Waals surface area (Å²) in [6.07, 6.45) is 3.53. The molecule has 0 saturated heterocycles. The van der Waals surface area contributed by atoms with Gasteiger partial charge in [-0.2, -0.15) is 0 Å². The largest absolute Gasteiger partial charge is 0.464 e. The zero-order chi connectivity index (χ0) is 19.8. The van der Waals surface area contributed by atoms with E-state index in [2.05, 4.69) is 10.3 Å². The lowest BCUT2D eigenvalue weighted by molar-refractivity contribution is -0.144. The summed E-state index contributed by atoms with van der Waals surface area (Å²) in [7, 11) is 3.93. The van der Waals surface area contributed by atoms with Crippen LogP contribution in [0.2, 0.25) is 0 Å². The zero-order valence-corrected chi connectivity index (χ0v) is 16.5. The van der Waals surface area contributed by atoms with E-state index in [0.717, 1.165) is 16.6 Å². The number of nitrogens with one attached hydrogen (secondary N) is 1. The van der Waals surface area contributed by atoms with Gasteiger partial charge in [-0.15, -0.1) is 0 Å². The number of aromatic nitrogens is 2. The van der Waals surface area contributed by atoms with Gasteiger partial charge >= 0.3 is 5.97 Å². The van der Waals surface area contributed by atoms with Crippen molar-refractivity contribution >= 4 is 23.4 Å². The average molecular weight is 393 g/mol. The molecule has 2 atom stereocenters. The van der Waals surface area contributed by atoms with Gasteiger partial charge < -0.3 is 15.0 Å². The summed E-state index contributed by atoms with van der Waals surface area (Å²) in [5.41, 5.74) is -0.556. The molecule has 2 aromatic rings. The summed E-state index contributed by atoms with van der Waals surface area (Å²) in [4.78, 5) is 30.8. The molecule has 0 saturated carbocycles. The first-order chi connectivity index (χ1) is 12.9. The minimum Gasteiger partial charge on any atom is -0.464 e. The van der Waals surface area contributed by atoms with Crippen molar-refractivity contribution in [1.29, 1.82) is 0 Å². The minimum absolute atomic E-state index is 0.0465. The van der Waals surface area contributed by atoms with E-state index in [-0.39, 0.29) is 18.5 Å². The predicted octanol–water partition coefficient (Wildman–Crippen LogP) is 2.13. The summed E-state index contributed by atoms with van der Waals surface area (Å²) in [5.74, 6) is -0.525. The SMILES string of the molecule is CCOC(=O)C(Cl)n1ccnc(NC(Cc2ccccc2)CN(C)C)c1=O. The van der Waals surface area contributed by atoms with Gasteiger partial charge in [0.2, 0.25) is 5.50 Å². The molecule has 0 bridgehead atoms. The molecule has 1 N–H and O–H groups in total. The first kappa shape index (κ1) is 20.9. The van der Waals surface area contributed by atoms with Crippen molar-refractivity contribution in [2.75, 3.05) is 32.6 Å². The van der Waals surface area contributed by atoms with Crippen LogP contribution in [0, 0.1) is 0 Å². The summed E-state index contributed by atoms with van der Waals surface area (Å²) < 4.78 is 6.00. The van der Waals surface area contributed by atoms with Gasteiger partial charge in [0.15, 0.2) is 5.82 Å². The van der Waals surface area contributed by atoms with Crippen LogP contribution in [0.3, 0.4) is 0 Å². The fourth-order valence-corrected chi connectivity index (χ4v) is 2.94. The van der Waals surface area contributed by atoms with Gasteiger partial charge in [-0.25, -0.2) is 9.78 Å². The average Bonchev–Trinajstić information content (AvgIpc) is 2.63. The van der Waals surface area contributed by atoms with E-state index in [9.17, 15) is 9.59 Å². The standard InChI is InChI=1S/C19H25ClN4O3/c1-4-27-19(26)16(20)24-11-10-21-17(18(24)25)22-15(13-23(2)3)12-14-8-6-5-7-9-14/h5-11,15-16H,4,12-13H2,1-3H3,(H,21,22). The molecular weight excluding hydrogens is 368 g/mol. The van der Waals surface area contributed by atoms with Crippen molar-refractivity contribution in [3.05, 3.63) is 58.6 Å². The number of hydrogen-bond acceptors (Lipinski definition) is 6. The maximum Gasteiger partial charge on any atom is 0.344 e. The van der Waals surface area contributed by atoms with Crippen molar-refractivity contribution < 1.29 is 9.53 Å². The van der Waals surface area contributed by atoms with E-state index in [1.807, 2.05) is 49.3 Å². The van der Waals surface area contributed by atoms with Crippen LogP contribution in [0.15, 0.2) is 47.5 Å². The normalized spacial score (nSPS) is 13.2. The Hall–Kier alpha value is -2.38. The number of esters is 1. The molecule has 0 amide bonds. The quantitative estimate of drug-likeness (QED) is 0.520. The highest BCUT2D eigenvalue weighted by atomic mass is 35.5. The summed E-state index contributed by atoms with van der Waals surface area (Å²) in [6, 6.07) is 9.95. The Balaban J connectivity index is 2.23. The molecule has 2 unspecified atom stereocenters. The van der Waals surface area contributed by atoms with Crippen molar-refractivity contribution in [3.8, 4) is 0 Å². The molecule has 0 spiro atoms. The lowest BCUT2D eigenvalue weighted by Crippen LogP contribution is -2.38. The second-order valence-corrected chi connectivity index (χ2v) is 6.78. The lowest BCUT2D eigenvalue weighted by atomic mass is 10.1. The fourth-order valence-electron chi connectivity index (χ4n) is 2.72. The van der Waals surface area contributed by atoms with Crippen LogP contribution in [0.4, 0.5) is 5.82 Å². The van der Waals surface area contributed by atoms with Crippen LogP contribution >= 0.6 is 11.6 Å². The van der Waals surface area contributed by atoms with Crippen LogP contribution in [-0.2, 0) is 16.0 Å². The van der Waals surface area contributed by atoms with Crippen LogP contribution in [-0.4, -0.2) is 53.7 Å². The number of ether oxygens (including phenoxy) is 1. The zero-order valence-electron chi connectivity index (χ0n) is 15.8. The maximum absolute atomic E-state index is 12.7. The smallest absolute Gasteiger partial charge is 0.344 e. The monoisotopic (exact) mass is 392 g/mol. The summed E-state index contributed by atoms with van der Waals surface area (Å²) in [6.45, 7) is 2.57. The molecule has 0 fully saturated rings. The highest BCUT2D eigenvalue weighted by Gasteiger charge is 2.22. The topological polar surface area (TPSA) is 76.5 Å². The second-order valence-electron chi connectivity index (χ2n) is 6.37. The third-order valence-corrected chi connectivity index (χ3v) is 4.23. The van der Waals surface area contributed by atoms with Gasteiger partial charge in [-0.3, -0.25) is 9.36 Å². The Morgan fingerprint density at radius 2 is 2.04 bits per heavy atom. The first-order valence-electron chi connectivity index (χ1n) is 8.75. The van der Waals surface area contributed by atoms with Gasteiger partial charge in [-0.1, -0.05) is 41.9 Å². The molecular formula is C19H25ClN4O3. The third kappa shape index (κ3) is 6.08. The lowest BCUT2D eigenvalue weighted by Gasteiger charge is -2.23. The number of rotatable bonds is 9. The van der Waals surface area contributed by atoms with E-state index >= 15 is 0 Å². The Morgan fingerprint density at radius 1 is 1.33 bits per heavy atom. The summed E-state index contributed by atoms with van der Waals surface area (Å²) >= 11 is 6.09. The van der Waals surface area contributed by atoms with Crippen LogP contribution in [0.5, 0.6) is 0 Å². The van der Waals surface area contributed by atoms with Crippen molar-refractivity contribution in [3.63, 3.8) is 0 Å². The molecule has 8 heteroatoms. The van der Waals surface area contributed by atoms with E-state index in [0.29, 0.717) is 6.54 Å². The highest BCUT2D eigenvalue weighted by molar-refractivity contribution is 6.27. The van der Waals surface area contributed by atoms with Crippen molar-refractivity contribution in [1.82, 2.24) is 14.5 Å². The molecule has 0 aliphatic heterocycles. The molecule has 2 rings (SSSR count). The van der Waals surface area contributed by atoms with E-state index in [1.165, 1.54) is 12.4 Å². The predicted molar refractivity (Wildman–Crippen MR) is 106 cm³/mol. The Bertz CT molecular complexity index is 795. The van der Waals surface area contributed by atoms with Gasteiger partial charge in [0, 0.05) is 25.0 Å². The number of likely N-dealkylation sites (N-methyl/N-ethyl adjacent to an activating group) is 1. The van der Waals surface area contributed by atoms with E-state index in [1.54, 1.807) is 6.92 Å². The van der Waals surface area contributed by atoms with Crippen LogP contribution < -0.4 is 10.9 Å². The van der Waals surface area contributed by atoms with Crippen molar-refractivity contribution in [2.24, 2.45) is 0 Å². The summed E-state index contributed by atoms with van der Waals surface area (Å²) in [5, 5.41) is 3.20. The molecule has 0 aliphatic carbocycles. The number of benzene rings is 1. The second kappa shape index (κ2) is 10.1. The molecule has 0 radical (unpaired) electrons. The van der Waals surface area contributed by atoms with Crippen molar-refractivity contribution in [2.45, 2.75) is 24.9 Å². The molecule has 1 heterocycles. The Morgan fingerprint density at radius 3 is 2.67 bits per heavy atom. The van der Waals surface area contributed by atoms with Crippen LogP contribution in [0.1, 0.15) is 18.0 Å². The molecule has 0 aliphatic rings. The Kier molecular flexibility index (Phi) is 7.82. The van der Waals surface area contributed by atoms with Gasteiger partial charge in [0.1, 0.15) is 0 Å². The van der Waals surface area contributed by atoms with Gasteiger partial charge in [0.25, 0.3) is 5.56 Å². The number of halogens is 1. The number of carbonyl (C=O) groups excluding carboxylic acids is 1. The molecule has 27 heavy (non-hydrogen) atoms. The molecule has 1 aromatic heterocycles. The fraction of sp³-hybridized carbons (Fsp3) is 0.421. The number of hydrogen-bond donors (Lipinski definition) is 1. The first-order valence-corrected chi connectivity index (χ1v) is 9.19. The number of anilines is 1. The minimum atomic E-state index is -1.23. The third-order valence-electron chi connectivity index (χ3n) is 3.84. The maximum atomic E-state index is 12.7. The number of alkyl halides is 1. The van der Waals surface area contributed by atoms with E-state index < -0.39 is 17.0 Å². The molecule has 146 valence electrons. The van der Waals surface area contributed by atoms with E-state index in [4.69, 9.17) is 16.3 Å².